The first-order chi connectivity index (χ1) is 16.7. The van der Waals surface area contributed by atoms with Crippen molar-refractivity contribution < 1.29 is 14.4 Å². The normalized spacial score (nSPS) is 13.4. The molecular formula is C25H17Cl4N3O3. The van der Waals surface area contributed by atoms with Crippen molar-refractivity contribution in [3.63, 3.8) is 0 Å². The zero-order valence-corrected chi connectivity index (χ0v) is 21.0. The molecule has 178 valence electrons. The van der Waals surface area contributed by atoms with E-state index < -0.39 is 11.8 Å². The van der Waals surface area contributed by atoms with Crippen LogP contribution in [0.5, 0.6) is 0 Å². The molecule has 0 saturated heterocycles. The molecule has 0 aromatic heterocycles. The fourth-order valence-corrected chi connectivity index (χ4v) is 4.20. The summed E-state index contributed by atoms with van der Waals surface area (Å²) < 4.78 is 0. The number of nitrogens with zero attached hydrogens (tertiary/aromatic N) is 1. The Bertz CT molecular complexity index is 1340. The van der Waals surface area contributed by atoms with Crippen LogP contribution >= 0.6 is 46.4 Å². The Hall–Kier alpha value is -3.03. The van der Waals surface area contributed by atoms with Gasteiger partial charge in [0.1, 0.15) is 10.7 Å². The Morgan fingerprint density at radius 3 is 2.06 bits per heavy atom. The quantitative estimate of drug-likeness (QED) is 0.354. The predicted molar refractivity (Wildman–Crippen MR) is 138 cm³/mol. The highest BCUT2D eigenvalue weighted by atomic mass is 35.5. The van der Waals surface area contributed by atoms with E-state index in [4.69, 9.17) is 46.4 Å². The smallest absolute Gasteiger partial charge is 0.278 e. The van der Waals surface area contributed by atoms with E-state index in [0.29, 0.717) is 26.3 Å². The molecule has 0 bridgehead atoms. The lowest BCUT2D eigenvalue weighted by Gasteiger charge is -2.15. The summed E-state index contributed by atoms with van der Waals surface area (Å²) >= 11 is 24.0. The summed E-state index contributed by atoms with van der Waals surface area (Å²) in [7, 11) is 0. The number of imide groups is 1. The van der Waals surface area contributed by atoms with Crippen molar-refractivity contribution in [1.29, 1.82) is 0 Å². The van der Waals surface area contributed by atoms with Gasteiger partial charge >= 0.3 is 0 Å². The van der Waals surface area contributed by atoms with Crippen LogP contribution in [0.3, 0.4) is 0 Å². The number of benzene rings is 3. The van der Waals surface area contributed by atoms with Gasteiger partial charge in [0.05, 0.1) is 17.3 Å². The highest BCUT2D eigenvalue weighted by molar-refractivity contribution is 6.47. The van der Waals surface area contributed by atoms with E-state index in [1.54, 1.807) is 66.7 Å². The summed E-state index contributed by atoms with van der Waals surface area (Å²) in [5.41, 5.74) is 2.42. The van der Waals surface area contributed by atoms with Crippen LogP contribution in [0.15, 0.2) is 77.5 Å². The summed E-state index contributed by atoms with van der Waals surface area (Å²) in [5, 5.41) is 6.86. The van der Waals surface area contributed by atoms with Gasteiger partial charge in [-0.15, -0.1) is 0 Å². The van der Waals surface area contributed by atoms with Gasteiger partial charge < -0.3 is 10.6 Å². The molecule has 0 radical (unpaired) electrons. The van der Waals surface area contributed by atoms with Crippen molar-refractivity contribution in [2.45, 2.75) is 13.1 Å². The second kappa shape index (κ2) is 10.7. The van der Waals surface area contributed by atoms with Gasteiger partial charge in [0.2, 0.25) is 0 Å². The second-order valence-corrected chi connectivity index (χ2v) is 9.30. The number of hydrogen-bond donors (Lipinski definition) is 2. The molecule has 3 amide bonds. The van der Waals surface area contributed by atoms with Gasteiger partial charge in [0.15, 0.2) is 0 Å². The Labute approximate surface area is 221 Å². The summed E-state index contributed by atoms with van der Waals surface area (Å²) in [6.45, 7) is 0.307. The maximum absolute atomic E-state index is 12.8. The van der Waals surface area contributed by atoms with Crippen LogP contribution in [-0.2, 0) is 22.7 Å². The molecule has 1 aliphatic heterocycles. The number of carbonyl (C=O) groups is 3. The summed E-state index contributed by atoms with van der Waals surface area (Å²) in [5.74, 6) is -1.42. The van der Waals surface area contributed by atoms with Crippen LogP contribution in [0.25, 0.3) is 0 Å². The highest BCUT2D eigenvalue weighted by Crippen LogP contribution is 2.27. The molecular weight excluding hydrogens is 532 g/mol. The molecule has 3 aromatic carbocycles. The Morgan fingerprint density at radius 1 is 0.771 bits per heavy atom. The third-order valence-electron chi connectivity index (χ3n) is 5.23. The fraction of sp³-hybridized carbons (Fsp3) is 0.0800. The number of hydrogen-bond acceptors (Lipinski definition) is 4. The molecule has 6 nitrogen and oxygen atoms in total. The summed E-state index contributed by atoms with van der Waals surface area (Å²) in [6, 6.07) is 18.4. The maximum atomic E-state index is 12.8. The van der Waals surface area contributed by atoms with Crippen LogP contribution in [0, 0.1) is 0 Å². The lowest BCUT2D eigenvalue weighted by atomic mass is 10.1. The molecule has 1 heterocycles. The first-order valence-electron chi connectivity index (χ1n) is 10.3. The molecule has 0 atom stereocenters. The highest BCUT2D eigenvalue weighted by Gasteiger charge is 2.37. The van der Waals surface area contributed by atoms with E-state index in [-0.39, 0.29) is 29.7 Å². The number of amides is 3. The summed E-state index contributed by atoms with van der Waals surface area (Å²) in [4.78, 5) is 38.9. The van der Waals surface area contributed by atoms with Crippen LogP contribution in [0.4, 0.5) is 5.69 Å². The van der Waals surface area contributed by atoms with E-state index >= 15 is 0 Å². The van der Waals surface area contributed by atoms with E-state index in [1.807, 2.05) is 0 Å². The third kappa shape index (κ3) is 5.80. The third-order valence-corrected chi connectivity index (χ3v) is 6.38. The van der Waals surface area contributed by atoms with E-state index in [9.17, 15) is 14.4 Å². The zero-order valence-electron chi connectivity index (χ0n) is 17.9. The minimum atomic E-state index is -0.568. The monoisotopic (exact) mass is 547 g/mol. The van der Waals surface area contributed by atoms with Gasteiger partial charge in [-0.3, -0.25) is 19.3 Å². The zero-order chi connectivity index (χ0) is 25.1. The SMILES string of the molecule is O=C(Nc1ccc(Cl)cc1Cl)c1ccc(CNC2=C(Cl)C(=O)N(Cc3ccc(Cl)cc3)C2=O)cc1. The van der Waals surface area contributed by atoms with Gasteiger partial charge in [0.25, 0.3) is 17.7 Å². The van der Waals surface area contributed by atoms with Gasteiger partial charge in [-0.05, 0) is 53.6 Å². The van der Waals surface area contributed by atoms with E-state index in [1.165, 1.54) is 0 Å². The molecule has 2 N–H and O–H groups in total. The largest absolute Gasteiger partial charge is 0.375 e. The van der Waals surface area contributed by atoms with Crippen molar-refractivity contribution in [3.05, 3.63) is 109 Å². The minimum Gasteiger partial charge on any atom is -0.375 e. The van der Waals surface area contributed by atoms with Gasteiger partial charge in [-0.1, -0.05) is 70.7 Å². The van der Waals surface area contributed by atoms with Crippen LogP contribution in [-0.4, -0.2) is 22.6 Å². The number of halogens is 4. The van der Waals surface area contributed by atoms with Gasteiger partial charge in [-0.2, -0.15) is 0 Å². The topological polar surface area (TPSA) is 78.5 Å². The minimum absolute atomic E-state index is 0.0323. The van der Waals surface area contributed by atoms with Crippen molar-refractivity contribution in [2.24, 2.45) is 0 Å². The molecule has 0 unspecified atom stereocenters. The van der Waals surface area contributed by atoms with Crippen LogP contribution < -0.4 is 10.6 Å². The number of nitrogens with one attached hydrogen (secondary N) is 2. The Balaban J connectivity index is 1.37. The fourth-order valence-electron chi connectivity index (χ4n) is 3.37. The first kappa shape index (κ1) is 25.1. The predicted octanol–water partition coefficient (Wildman–Crippen LogP) is 6.01. The van der Waals surface area contributed by atoms with Crippen LogP contribution in [0.2, 0.25) is 15.1 Å². The molecule has 0 aliphatic carbocycles. The molecule has 3 aromatic rings. The Kier molecular flexibility index (Phi) is 7.67. The van der Waals surface area contributed by atoms with E-state index in [2.05, 4.69) is 10.6 Å². The Morgan fingerprint density at radius 2 is 1.40 bits per heavy atom. The average Bonchev–Trinajstić information content (AvgIpc) is 3.04. The van der Waals surface area contributed by atoms with Gasteiger partial charge in [-0.25, -0.2) is 0 Å². The molecule has 35 heavy (non-hydrogen) atoms. The lowest BCUT2D eigenvalue weighted by molar-refractivity contribution is -0.138. The van der Waals surface area contributed by atoms with E-state index in [0.717, 1.165) is 16.0 Å². The van der Waals surface area contributed by atoms with Crippen molar-refractivity contribution >= 4 is 69.8 Å². The summed E-state index contributed by atoms with van der Waals surface area (Å²) in [6.07, 6.45) is 0. The van der Waals surface area contributed by atoms with Crippen molar-refractivity contribution in [2.75, 3.05) is 5.32 Å². The molecule has 0 spiro atoms. The standard InChI is InChI=1S/C25H17Cl4N3O3/c26-17-7-3-15(4-8-17)13-32-24(34)21(29)22(25(32)35)30-12-14-1-5-16(6-2-14)23(33)31-20-10-9-18(27)11-19(20)28/h1-11,30H,12-13H2,(H,31,33). The molecule has 0 saturated carbocycles. The molecule has 1 aliphatic rings. The van der Waals surface area contributed by atoms with Crippen molar-refractivity contribution in [1.82, 2.24) is 10.2 Å². The second-order valence-electron chi connectivity index (χ2n) is 7.64. The number of rotatable bonds is 7. The van der Waals surface area contributed by atoms with Gasteiger partial charge in [0, 0.05) is 22.2 Å². The molecule has 10 heteroatoms. The lowest BCUT2D eigenvalue weighted by Crippen LogP contribution is -2.33. The molecule has 0 fully saturated rings. The number of anilines is 1. The maximum Gasteiger partial charge on any atom is 0.278 e. The first-order valence-corrected chi connectivity index (χ1v) is 11.8. The van der Waals surface area contributed by atoms with Crippen LogP contribution in [0.1, 0.15) is 21.5 Å². The van der Waals surface area contributed by atoms with Crippen molar-refractivity contribution in [3.8, 4) is 0 Å². The number of carbonyl (C=O) groups excluding carboxylic acids is 3. The average molecular weight is 549 g/mol. The molecule has 4 rings (SSSR count).